The highest BCUT2D eigenvalue weighted by molar-refractivity contribution is 6.60. The molecule has 1 aliphatic rings. The Morgan fingerprint density at radius 1 is 0.905 bits per heavy atom. The lowest BCUT2D eigenvalue weighted by Gasteiger charge is -2.43. The van der Waals surface area contributed by atoms with Crippen molar-refractivity contribution in [2.75, 3.05) is 47.5 Å². The normalized spacial score (nSPS) is 19.1. The van der Waals surface area contributed by atoms with E-state index >= 15 is 0 Å². The quantitative estimate of drug-likeness (QED) is 0.351. The zero-order chi connectivity index (χ0) is 15.8. The van der Waals surface area contributed by atoms with Crippen LogP contribution in [0.25, 0.3) is 0 Å². The van der Waals surface area contributed by atoms with E-state index in [4.69, 9.17) is 13.3 Å². The molecule has 5 heteroatoms. The molecule has 0 aromatic carbocycles. The Morgan fingerprint density at radius 2 is 1.48 bits per heavy atom. The standard InChI is InChI=1S/C16H36NO3Si/c1-16(2)15-17(11-7-6-8-12-17)13-9-10-14-21(18-3,19-4)20-5/h16H,6-15H2,1-5H3/q+1. The molecular formula is C16H36NO3Si+. The average molecular weight is 319 g/mol. The van der Waals surface area contributed by atoms with Gasteiger partial charge < -0.3 is 17.8 Å². The van der Waals surface area contributed by atoms with E-state index in [1.54, 1.807) is 21.3 Å². The molecule has 1 aliphatic heterocycles. The van der Waals surface area contributed by atoms with Gasteiger partial charge in [-0.1, -0.05) is 13.8 Å². The first-order valence-corrected chi connectivity index (χ1v) is 10.5. The van der Waals surface area contributed by atoms with Gasteiger partial charge >= 0.3 is 8.80 Å². The molecule has 0 N–H and O–H groups in total. The van der Waals surface area contributed by atoms with E-state index in [1.165, 1.54) is 56.3 Å². The molecule has 126 valence electrons. The van der Waals surface area contributed by atoms with Crippen molar-refractivity contribution in [2.24, 2.45) is 5.92 Å². The summed E-state index contributed by atoms with van der Waals surface area (Å²) in [7, 11) is 2.75. The third-order valence-electron chi connectivity index (χ3n) is 4.82. The molecule has 0 spiro atoms. The Balaban J connectivity index is 2.43. The molecule has 1 rings (SSSR count). The van der Waals surface area contributed by atoms with Gasteiger partial charge in [-0.3, -0.25) is 0 Å². The first-order valence-electron chi connectivity index (χ1n) is 8.52. The van der Waals surface area contributed by atoms with Gasteiger partial charge in [0.05, 0.1) is 26.2 Å². The molecule has 1 fully saturated rings. The first-order chi connectivity index (χ1) is 10.0. The summed E-state index contributed by atoms with van der Waals surface area (Å²) in [5.41, 5.74) is 0. The van der Waals surface area contributed by atoms with Gasteiger partial charge in [0.15, 0.2) is 0 Å². The summed E-state index contributed by atoms with van der Waals surface area (Å²) in [6.07, 6.45) is 6.61. The van der Waals surface area contributed by atoms with Crippen molar-refractivity contribution in [3.63, 3.8) is 0 Å². The number of rotatable bonds is 10. The maximum atomic E-state index is 5.51. The number of quaternary nitrogens is 1. The number of likely N-dealkylation sites (tertiary alicyclic amines) is 1. The van der Waals surface area contributed by atoms with Crippen molar-refractivity contribution in [2.45, 2.75) is 52.0 Å². The zero-order valence-corrected chi connectivity index (χ0v) is 15.8. The minimum atomic E-state index is -2.37. The molecule has 0 aliphatic carbocycles. The fourth-order valence-electron chi connectivity index (χ4n) is 3.80. The van der Waals surface area contributed by atoms with E-state index in [2.05, 4.69) is 13.8 Å². The molecular weight excluding hydrogens is 282 g/mol. The second-order valence-electron chi connectivity index (χ2n) is 6.90. The van der Waals surface area contributed by atoms with Crippen LogP contribution in [0.3, 0.4) is 0 Å². The summed E-state index contributed by atoms with van der Waals surface area (Å²) in [6, 6.07) is 0.929. The third-order valence-corrected chi connectivity index (χ3v) is 7.65. The molecule has 21 heavy (non-hydrogen) atoms. The second-order valence-corrected chi connectivity index (χ2v) is 9.99. The molecule has 4 nitrogen and oxygen atoms in total. The molecule has 0 bridgehead atoms. The lowest BCUT2D eigenvalue weighted by molar-refractivity contribution is -0.935. The molecule has 0 aromatic heterocycles. The number of nitrogens with zero attached hydrogens (tertiary/aromatic N) is 1. The fraction of sp³-hybridized carbons (Fsp3) is 1.00. The van der Waals surface area contributed by atoms with Gasteiger partial charge in [0.2, 0.25) is 0 Å². The van der Waals surface area contributed by atoms with Crippen LogP contribution in [0, 0.1) is 5.92 Å². The van der Waals surface area contributed by atoms with E-state index in [1.807, 2.05) is 0 Å². The highest BCUT2D eigenvalue weighted by Gasteiger charge is 2.37. The van der Waals surface area contributed by atoms with Gasteiger partial charge in [0, 0.05) is 33.3 Å². The predicted octanol–water partition coefficient (Wildman–Crippen LogP) is 3.30. The molecule has 0 atom stereocenters. The number of piperidine rings is 1. The summed E-state index contributed by atoms with van der Waals surface area (Å²) in [4.78, 5) is 0. The van der Waals surface area contributed by atoms with Crippen molar-refractivity contribution in [3.05, 3.63) is 0 Å². The smallest absolute Gasteiger partial charge is 0.377 e. The highest BCUT2D eigenvalue weighted by atomic mass is 28.4. The topological polar surface area (TPSA) is 27.7 Å². The van der Waals surface area contributed by atoms with Crippen molar-refractivity contribution in [1.29, 1.82) is 0 Å². The van der Waals surface area contributed by atoms with Crippen LogP contribution in [0.4, 0.5) is 0 Å². The maximum absolute atomic E-state index is 5.51. The van der Waals surface area contributed by atoms with E-state index in [-0.39, 0.29) is 0 Å². The molecule has 0 amide bonds. The van der Waals surface area contributed by atoms with Gasteiger partial charge in [0.25, 0.3) is 0 Å². The summed E-state index contributed by atoms with van der Waals surface area (Å²) >= 11 is 0. The van der Waals surface area contributed by atoms with E-state index in [0.29, 0.717) is 0 Å². The van der Waals surface area contributed by atoms with Crippen LogP contribution in [0.1, 0.15) is 46.0 Å². The van der Waals surface area contributed by atoms with Crippen LogP contribution in [0.2, 0.25) is 6.04 Å². The second kappa shape index (κ2) is 9.25. The summed E-state index contributed by atoms with van der Waals surface area (Å²) in [5, 5.41) is 0. The Morgan fingerprint density at radius 3 is 1.95 bits per heavy atom. The summed E-state index contributed by atoms with van der Waals surface area (Å²) < 4.78 is 17.9. The SMILES string of the molecule is CO[Si](CCCC[N+]1(CC(C)C)CCCCC1)(OC)OC. The van der Waals surface area contributed by atoms with Crippen LogP contribution in [0.5, 0.6) is 0 Å². The number of hydrogen-bond donors (Lipinski definition) is 0. The van der Waals surface area contributed by atoms with E-state index in [9.17, 15) is 0 Å². The van der Waals surface area contributed by atoms with Crippen LogP contribution in [0.15, 0.2) is 0 Å². The molecule has 0 unspecified atom stereocenters. The molecule has 0 aromatic rings. The Labute approximate surface area is 132 Å². The van der Waals surface area contributed by atoms with Crippen LogP contribution in [-0.4, -0.2) is 60.8 Å². The summed E-state index contributed by atoms with van der Waals surface area (Å²) in [6.45, 7) is 10.1. The van der Waals surface area contributed by atoms with E-state index in [0.717, 1.165) is 18.4 Å². The van der Waals surface area contributed by atoms with Crippen LogP contribution in [-0.2, 0) is 13.3 Å². The molecule has 1 heterocycles. The predicted molar refractivity (Wildman–Crippen MR) is 89.2 cm³/mol. The molecule has 0 saturated carbocycles. The largest absolute Gasteiger partial charge is 0.500 e. The maximum Gasteiger partial charge on any atom is 0.500 e. The average Bonchev–Trinajstić information content (AvgIpc) is 2.48. The van der Waals surface area contributed by atoms with Gasteiger partial charge in [-0.05, 0) is 32.1 Å². The monoisotopic (exact) mass is 318 g/mol. The number of unbranched alkanes of at least 4 members (excludes halogenated alkanes) is 1. The highest BCUT2D eigenvalue weighted by Crippen LogP contribution is 2.24. The number of hydrogen-bond acceptors (Lipinski definition) is 3. The summed E-state index contributed by atoms with van der Waals surface area (Å²) in [5.74, 6) is 0.786. The lowest BCUT2D eigenvalue weighted by Crippen LogP contribution is -2.54. The third kappa shape index (κ3) is 5.98. The molecule has 1 saturated heterocycles. The van der Waals surface area contributed by atoms with Crippen molar-refractivity contribution >= 4 is 8.80 Å². The van der Waals surface area contributed by atoms with Crippen molar-refractivity contribution in [3.8, 4) is 0 Å². The Bertz CT molecular complexity index is 268. The zero-order valence-electron chi connectivity index (χ0n) is 14.8. The first kappa shape index (κ1) is 19.1. The Kier molecular flexibility index (Phi) is 8.42. The van der Waals surface area contributed by atoms with Gasteiger partial charge in [-0.25, -0.2) is 0 Å². The minimum Gasteiger partial charge on any atom is -0.377 e. The molecule has 0 radical (unpaired) electrons. The van der Waals surface area contributed by atoms with Gasteiger partial charge in [0.1, 0.15) is 0 Å². The van der Waals surface area contributed by atoms with Crippen LogP contribution >= 0.6 is 0 Å². The van der Waals surface area contributed by atoms with Crippen LogP contribution < -0.4 is 0 Å². The van der Waals surface area contributed by atoms with Gasteiger partial charge in [-0.15, -0.1) is 0 Å². The van der Waals surface area contributed by atoms with Crippen molar-refractivity contribution < 1.29 is 17.8 Å². The van der Waals surface area contributed by atoms with Gasteiger partial charge in [-0.2, -0.15) is 0 Å². The Hall–Kier alpha value is 0.0569. The van der Waals surface area contributed by atoms with Crippen molar-refractivity contribution in [1.82, 2.24) is 0 Å². The van der Waals surface area contributed by atoms with E-state index < -0.39 is 8.80 Å². The minimum absolute atomic E-state index is 0.786. The fourth-order valence-corrected chi connectivity index (χ4v) is 5.60. The lowest BCUT2D eigenvalue weighted by atomic mass is 10.0.